The summed E-state index contributed by atoms with van der Waals surface area (Å²) in [7, 11) is 1.50. The molecule has 1 aromatic carbocycles. The molecule has 0 radical (unpaired) electrons. The van der Waals surface area contributed by atoms with E-state index >= 15 is 0 Å². The van der Waals surface area contributed by atoms with Crippen molar-refractivity contribution in [3.8, 4) is 0 Å². The lowest BCUT2D eigenvalue weighted by molar-refractivity contribution is 0.0984. The Balaban J connectivity index is 2.48. The fraction of sp³-hybridized carbons (Fsp3) is 0.111. The second-order valence-corrected chi connectivity index (χ2v) is 3.22. The Labute approximate surface area is 86.2 Å². The standard InChI is InChI=1S/C9H10N2O2S/c1-10-9(13)14-11-8(12)7-5-3-2-4-6-7/h2-6H,1H3,(H,10,13)(H,11,12). The Kier molecular flexibility index (Phi) is 4.00. The summed E-state index contributed by atoms with van der Waals surface area (Å²) in [5.41, 5.74) is 0.531. The molecule has 2 N–H and O–H groups in total. The molecular weight excluding hydrogens is 200 g/mol. The van der Waals surface area contributed by atoms with E-state index in [1.165, 1.54) is 7.05 Å². The molecule has 1 rings (SSSR count). The first kappa shape index (κ1) is 10.6. The Morgan fingerprint density at radius 1 is 1.21 bits per heavy atom. The number of carbonyl (C=O) groups excluding carboxylic acids is 2. The molecule has 0 bridgehead atoms. The maximum absolute atomic E-state index is 11.4. The van der Waals surface area contributed by atoms with Crippen molar-refractivity contribution in [3.05, 3.63) is 35.9 Å². The predicted octanol–water partition coefficient (Wildman–Crippen LogP) is 1.40. The van der Waals surface area contributed by atoms with Gasteiger partial charge in [-0.3, -0.25) is 14.3 Å². The van der Waals surface area contributed by atoms with Gasteiger partial charge in [-0.25, -0.2) is 0 Å². The lowest BCUT2D eigenvalue weighted by atomic mass is 10.2. The molecule has 1 aromatic rings. The Morgan fingerprint density at radius 3 is 2.43 bits per heavy atom. The third kappa shape index (κ3) is 3.10. The largest absolute Gasteiger partial charge is 0.349 e. The van der Waals surface area contributed by atoms with E-state index in [0.29, 0.717) is 5.56 Å². The fourth-order valence-corrected chi connectivity index (χ4v) is 1.20. The molecule has 0 aliphatic rings. The minimum atomic E-state index is -0.297. The first-order chi connectivity index (χ1) is 6.74. The molecular formula is C9H10N2O2S. The lowest BCUT2D eigenvalue weighted by Crippen LogP contribution is -2.22. The van der Waals surface area contributed by atoms with Gasteiger partial charge in [0.1, 0.15) is 0 Å². The van der Waals surface area contributed by atoms with Crippen LogP contribution in [0, 0.1) is 0 Å². The van der Waals surface area contributed by atoms with Crippen molar-refractivity contribution in [2.75, 3.05) is 7.05 Å². The van der Waals surface area contributed by atoms with E-state index in [-0.39, 0.29) is 11.1 Å². The van der Waals surface area contributed by atoms with Gasteiger partial charge in [0.2, 0.25) is 0 Å². The van der Waals surface area contributed by atoms with Crippen LogP contribution in [0.5, 0.6) is 0 Å². The summed E-state index contributed by atoms with van der Waals surface area (Å²) in [6, 6.07) is 8.71. The summed E-state index contributed by atoms with van der Waals surface area (Å²) < 4.78 is 2.42. The van der Waals surface area contributed by atoms with Crippen molar-refractivity contribution in [2.45, 2.75) is 0 Å². The van der Waals surface area contributed by atoms with Gasteiger partial charge in [0.15, 0.2) is 0 Å². The molecule has 0 heterocycles. The van der Waals surface area contributed by atoms with Gasteiger partial charge in [-0.15, -0.1) is 0 Å². The van der Waals surface area contributed by atoms with Gasteiger partial charge < -0.3 is 5.32 Å². The van der Waals surface area contributed by atoms with Crippen LogP contribution in [-0.4, -0.2) is 18.2 Å². The van der Waals surface area contributed by atoms with Crippen LogP contribution < -0.4 is 10.0 Å². The quantitative estimate of drug-likeness (QED) is 0.689. The molecule has 2 amide bonds. The highest BCUT2D eigenvalue weighted by molar-refractivity contribution is 8.12. The molecule has 0 atom stereocenters. The van der Waals surface area contributed by atoms with E-state index in [1.54, 1.807) is 24.3 Å². The minimum Gasteiger partial charge on any atom is -0.349 e. The van der Waals surface area contributed by atoms with Crippen molar-refractivity contribution in [3.63, 3.8) is 0 Å². The van der Waals surface area contributed by atoms with E-state index < -0.39 is 0 Å². The van der Waals surface area contributed by atoms with E-state index in [9.17, 15) is 9.59 Å². The van der Waals surface area contributed by atoms with Gasteiger partial charge in [0.25, 0.3) is 11.1 Å². The van der Waals surface area contributed by atoms with Gasteiger partial charge in [0, 0.05) is 12.6 Å². The zero-order valence-corrected chi connectivity index (χ0v) is 8.43. The number of hydrogen-bond donors (Lipinski definition) is 2. The average molecular weight is 210 g/mol. The molecule has 5 heteroatoms. The highest BCUT2D eigenvalue weighted by Crippen LogP contribution is 2.01. The van der Waals surface area contributed by atoms with Crippen LogP contribution in [0.1, 0.15) is 10.4 Å². The zero-order valence-electron chi connectivity index (χ0n) is 7.61. The van der Waals surface area contributed by atoms with E-state index in [2.05, 4.69) is 10.0 Å². The molecule has 0 spiro atoms. The lowest BCUT2D eigenvalue weighted by Gasteiger charge is -2.01. The molecule has 14 heavy (non-hydrogen) atoms. The van der Waals surface area contributed by atoms with Crippen LogP contribution in [-0.2, 0) is 0 Å². The Hall–Kier alpha value is -1.49. The SMILES string of the molecule is CNC(=O)SNC(=O)c1ccccc1. The van der Waals surface area contributed by atoms with Crippen molar-refractivity contribution in [2.24, 2.45) is 0 Å². The highest BCUT2D eigenvalue weighted by atomic mass is 32.2. The van der Waals surface area contributed by atoms with Crippen LogP contribution in [0.3, 0.4) is 0 Å². The molecule has 0 aliphatic carbocycles. The second kappa shape index (κ2) is 5.29. The van der Waals surface area contributed by atoms with E-state index in [1.807, 2.05) is 6.07 Å². The normalized spacial score (nSPS) is 9.21. The Bertz CT molecular complexity index is 327. The molecule has 0 unspecified atom stereocenters. The second-order valence-electron chi connectivity index (χ2n) is 2.44. The predicted molar refractivity (Wildman–Crippen MR) is 56.0 cm³/mol. The summed E-state index contributed by atoms with van der Waals surface area (Å²) >= 11 is 0.730. The Morgan fingerprint density at radius 2 is 1.86 bits per heavy atom. The summed E-state index contributed by atoms with van der Waals surface area (Å²) in [6.45, 7) is 0. The van der Waals surface area contributed by atoms with Gasteiger partial charge >= 0.3 is 0 Å². The summed E-state index contributed by atoms with van der Waals surface area (Å²) in [5, 5.41) is 2.08. The minimum absolute atomic E-state index is 0.279. The maximum Gasteiger partial charge on any atom is 0.299 e. The number of benzene rings is 1. The van der Waals surface area contributed by atoms with Crippen molar-refractivity contribution >= 4 is 23.1 Å². The van der Waals surface area contributed by atoms with Crippen molar-refractivity contribution in [1.82, 2.24) is 10.0 Å². The molecule has 0 aromatic heterocycles. The summed E-state index contributed by atoms with van der Waals surface area (Å²) in [5.74, 6) is -0.279. The maximum atomic E-state index is 11.4. The van der Waals surface area contributed by atoms with Crippen LogP contribution in [0.25, 0.3) is 0 Å². The molecule has 4 nitrogen and oxygen atoms in total. The molecule has 0 fully saturated rings. The van der Waals surface area contributed by atoms with Crippen LogP contribution >= 0.6 is 11.9 Å². The van der Waals surface area contributed by atoms with E-state index in [0.717, 1.165) is 11.9 Å². The van der Waals surface area contributed by atoms with Crippen molar-refractivity contribution in [1.29, 1.82) is 0 Å². The third-order valence-electron chi connectivity index (χ3n) is 1.48. The molecule has 0 saturated heterocycles. The molecule has 0 aliphatic heterocycles. The van der Waals surface area contributed by atoms with Gasteiger partial charge in [-0.1, -0.05) is 18.2 Å². The molecule has 74 valence electrons. The van der Waals surface area contributed by atoms with Crippen LogP contribution in [0.2, 0.25) is 0 Å². The van der Waals surface area contributed by atoms with Crippen LogP contribution in [0.4, 0.5) is 4.79 Å². The smallest absolute Gasteiger partial charge is 0.299 e. The fourth-order valence-electron chi connectivity index (χ4n) is 0.792. The van der Waals surface area contributed by atoms with Gasteiger partial charge in [-0.2, -0.15) is 0 Å². The average Bonchev–Trinajstić information content (AvgIpc) is 2.26. The van der Waals surface area contributed by atoms with Gasteiger partial charge in [0.05, 0.1) is 11.9 Å². The van der Waals surface area contributed by atoms with Crippen molar-refractivity contribution < 1.29 is 9.59 Å². The highest BCUT2D eigenvalue weighted by Gasteiger charge is 2.06. The van der Waals surface area contributed by atoms with Crippen LogP contribution in [0.15, 0.2) is 30.3 Å². The summed E-state index contributed by atoms with van der Waals surface area (Å²) in [4.78, 5) is 22.1. The number of amides is 2. The summed E-state index contributed by atoms with van der Waals surface area (Å²) in [6.07, 6.45) is 0. The third-order valence-corrected chi connectivity index (χ3v) is 2.15. The monoisotopic (exact) mass is 210 g/mol. The first-order valence-corrected chi connectivity index (χ1v) is 4.79. The van der Waals surface area contributed by atoms with E-state index in [4.69, 9.17) is 0 Å². The number of carbonyl (C=O) groups is 2. The zero-order chi connectivity index (χ0) is 10.4. The first-order valence-electron chi connectivity index (χ1n) is 3.98. The van der Waals surface area contributed by atoms with Gasteiger partial charge in [-0.05, 0) is 12.1 Å². The number of hydrogen-bond acceptors (Lipinski definition) is 3. The topological polar surface area (TPSA) is 58.2 Å². The number of rotatable bonds is 1. The molecule has 0 saturated carbocycles. The number of nitrogens with one attached hydrogen (secondary N) is 2.